The van der Waals surface area contributed by atoms with Crippen LogP contribution in [-0.2, 0) is 26.6 Å². The molecule has 0 aliphatic carbocycles. The normalized spacial score (nSPS) is 10.9. The van der Waals surface area contributed by atoms with Gasteiger partial charge in [-0.25, -0.2) is 4.99 Å². The first kappa shape index (κ1) is 25.4. The summed E-state index contributed by atoms with van der Waals surface area (Å²) in [6.07, 6.45) is 0.864. The molecule has 0 saturated heterocycles. The molecule has 1 heterocycles. The van der Waals surface area contributed by atoms with Crippen LogP contribution >= 0.6 is 24.0 Å². The van der Waals surface area contributed by atoms with Crippen molar-refractivity contribution in [3.8, 4) is 11.5 Å². The fourth-order valence-electron chi connectivity index (χ4n) is 3.06. The van der Waals surface area contributed by atoms with E-state index >= 15 is 0 Å². The van der Waals surface area contributed by atoms with Crippen LogP contribution in [0.5, 0.6) is 11.5 Å². The van der Waals surface area contributed by atoms with Crippen molar-refractivity contribution >= 4 is 29.9 Å². The Morgan fingerprint density at radius 1 is 1.00 bits per heavy atom. The zero-order valence-corrected chi connectivity index (χ0v) is 21.3. The van der Waals surface area contributed by atoms with Crippen LogP contribution in [0.1, 0.15) is 22.8 Å². The number of nitrogens with one attached hydrogen (secondary N) is 2. The average molecular weight is 550 g/mol. The molecule has 0 radical (unpaired) electrons. The second-order valence-electron chi connectivity index (χ2n) is 7.08. The third-order valence-corrected chi connectivity index (χ3v) is 5.06. The Balaban J connectivity index is 0.00000363. The molecule has 2 aromatic carbocycles. The third-order valence-electron chi connectivity index (χ3n) is 5.06. The van der Waals surface area contributed by atoms with Crippen LogP contribution in [0, 0.1) is 6.92 Å². The lowest BCUT2D eigenvalue weighted by atomic mass is 10.1. The van der Waals surface area contributed by atoms with Crippen molar-refractivity contribution in [2.45, 2.75) is 26.4 Å². The van der Waals surface area contributed by atoms with Crippen molar-refractivity contribution in [1.29, 1.82) is 0 Å². The molecule has 0 saturated carbocycles. The number of aromatic nitrogens is 3. The number of rotatable bonds is 9. The Labute approximate surface area is 206 Å². The molecule has 3 aromatic rings. The van der Waals surface area contributed by atoms with Crippen molar-refractivity contribution in [3.05, 3.63) is 71.3 Å². The van der Waals surface area contributed by atoms with Gasteiger partial charge in [0.05, 0.1) is 27.3 Å². The summed E-state index contributed by atoms with van der Waals surface area (Å²) in [6.45, 7) is 3.69. The quantitative estimate of drug-likeness (QED) is 0.242. The number of ether oxygens (including phenoxy) is 2. The van der Waals surface area contributed by atoms with E-state index in [0.717, 1.165) is 41.7 Å². The molecule has 0 amide bonds. The fourth-order valence-corrected chi connectivity index (χ4v) is 3.06. The summed E-state index contributed by atoms with van der Waals surface area (Å²) in [5.41, 5.74) is 2.25. The summed E-state index contributed by atoms with van der Waals surface area (Å²) in [4.78, 5) is 4.75. The number of guanidine groups is 1. The Morgan fingerprint density at radius 2 is 1.75 bits per heavy atom. The highest BCUT2D eigenvalue weighted by atomic mass is 127. The number of halogens is 1. The lowest BCUT2D eigenvalue weighted by molar-refractivity contribution is 0.410. The number of methoxy groups -OCH3 is 2. The molecule has 0 bridgehead atoms. The molecule has 3 rings (SSSR count). The molecular formula is C23H31IN6O2. The van der Waals surface area contributed by atoms with Gasteiger partial charge in [-0.15, -0.1) is 34.2 Å². The Kier molecular flexibility index (Phi) is 10.3. The Hall–Kier alpha value is -2.82. The maximum absolute atomic E-state index is 5.44. The van der Waals surface area contributed by atoms with Gasteiger partial charge in [0.1, 0.15) is 17.3 Å². The van der Waals surface area contributed by atoms with Gasteiger partial charge in [-0.2, -0.15) is 0 Å². The fraction of sp³-hybridized carbons (Fsp3) is 0.348. The second-order valence-corrected chi connectivity index (χ2v) is 7.08. The number of aliphatic imine (C=N–C) groups is 1. The highest BCUT2D eigenvalue weighted by molar-refractivity contribution is 14.0. The molecule has 0 unspecified atom stereocenters. The monoisotopic (exact) mass is 550 g/mol. The first-order valence-electron chi connectivity index (χ1n) is 10.2. The van der Waals surface area contributed by atoms with Crippen LogP contribution in [-0.4, -0.2) is 41.5 Å². The van der Waals surface area contributed by atoms with Crippen molar-refractivity contribution in [2.24, 2.45) is 12.0 Å². The van der Waals surface area contributed by atoms with E-state index in [9.17, 15) is 0 Å². The third kappa shape index (κ3) is 7.11. The van der Waals surface area contributed by atoms with Crippen LogP contribution in [0.2, 0.25) is 0 Å². The van der Waals surface area contributed by atoms with Gasteiger partial charge in [0, 0.05) is 19.2 Å². The van der Waals surface area contributed by atoms with Gasteiger partial charge in [-0.1, -0.05) is 30.3 Å². The summed E-state index contributed by atoms with van der Waals surface area (Å²) in [5, 5.41) is 15.1. The van der Waals surface area contributed by atoms with E-state index in [1.165, 1.54) is 5.56 Å². The number of hydrogen-bond donors (Lipinski definition) is 2. The largest absolute Gasteiger partial charge is 0.497 e. The number of aryl methyl sites for hydroxylation is 1. The van der Waals surface area contributed by atoms with Crippen LogP contribution in [0.3, 0.4) is 0 Å². The molecule has 0 spiro atoms. The number of hydrogen-bond acceptors (Lipinski definition) is 5. The molecule has 172 valence electrons. The van der Waals surface area contributed by atoms with E-state index in [2.05, 4.69) is 33.0 Å². The topological polar surface area (TPSA) is 85.6 Å². The number of benzene rings is 2. The summed E-state index contributed by atoms with van der Waals surface area (Å²) in [6, 6.07) is 16.0. The number of para-hydroxylation sites is 1. The van der Waals surface area contributed by atoms with E-state index in [1.807, 2.05) is 54.9 Å². The van der Waals surface area contributed by atoms with E-state index in [4.69, 9.17) is 14.5 Å². The standard InChI is InChI=1S/C23H30N6O2.HI/c1-17-27-28-22(29(17)2)16-26-23(25-15-19-7-5-6-8-21(19)31-4)24-14-13-18-9-11-20(30-3)12-10-18;/h5-12H,13-16H2,1-4H3,(H2,24,25,26);1H. The molecule has 0 atom stereocenters. The van der Waals surface area contributed by atoms with Crippen LogP contribution in [0.4, 0.5) is 0 Å². The SMILES string of the molecule is COc1ccc(CCNC(=NCc2ccccc2OC)NCc2nnc(C)n2C)cc1.I. The van der Waals surface area contributed by atoms with Crippen molar-refractivity contribution < 1.29 is 9.47 Å². The van der Waals surface area contributed by atoms with Crippen LogP contribution < -0.4 is 20.1 Å². The molecule has 2 N–H and O–H groups in total. The molecule has 1 aromatic heterocycles. The maximum atomic E-state index is 5.44. The second kappa shape index (κ2) is 12.9. The summed E-state index contributed by atoms with van der Waals surface area (Å²) < 4.78 is 12.6. The molecule has 0 aliphatic rings. The Morgan fingerprint density at radius 3 is 2.41 bits per heavy atom. The maximum Gasteiger partial charge on any atom is 0.191 e. The summed E-state index contributed by atoms with van der Waals surface area (Å²) in [5.74, 6) is 4.11. The minimum Gasteiger partial charge on any atom is -0.497 e. The molecule has 9 heteroatoms. The van der Waals surface area contributed by atoms with Crippen molar-refractivity contribution in [3.63, 3.8) is 0 Å². The summed E-state index contributed by atoms with van der Waals surface area (Å²) >= 11 is 0. The molecule has 0 aliphatic heterocycles. The van der Waals surface area contributed by atoms with Gasteiger partial charge in [-0.3, -0.25) is 0 Å². The van der Waals surface area contributed by atoms with E-state index in [0.29, 0.717) is 19.0 Å². The first-order valence-corrected chi connectivity index (χ1v) is 10.2. The van der Waals surface area contributed by atoms with Gasteiger partial charge in [0.25, 0.3) is 0 Å². The predicted molar refractivity (Wildman–Crippen MR) is 137 cm³/mol. The van der Waals surface area contributed by atoms with Crippen LogP contribution in [0.25, 0.3) is 0 Å². The lowest BCUT2D eigenvalue weighted by Crippen LogP contribution is -2.38. The highest BCUT2D eigenvalue weighted by Gasteiger charge is 2.07. The molecular weight excluding hydrogens is 519 g/mol. The molecule has 8 nitrogen and oxygen atoms in total. The number of nitrogens with zero attached hydrogens (tertiary/aromatic N) is 4. The van der Waals surface area contributed by atoms with Crippen molar-refractivity contribution in [2.75, 3.05) is 20.8 Å². The highest BCUT2D eigenvalue weighted by Crippen LogP contribution is 2.18. The smallest absolute Gasteiger partial charge is 0.191 e. The van der Waals surface area contributed by atoms with E-state index < -0.39 is 0 Å². The van der Waals surface area contributed by atoms with Crippen LogP contribution in [0.15, 0.2) is 53.5 Å². The van der Waals surface area contributed by atoms with Gasteiger partial charge < -0.3 is 24.7 Å². The average Bonchev–Trinajstić information content (AvgIpc) is 3.13. The minimum atomic E-state index is 0. The van der Waals surface area contributed by atoms with Gasteiger partial charge >= 0.3 is 0 Å². The zero-order valence-electron chi connectivity index (χ0n) is 19.0. The van der Waals surface area contributed by atoms with Crippen molar-refractivity contribution in [1.82, 2.24) is 25.4 Å². The molecule has 0 fully saturated rings. The predicted octanol–water partition coefficient (Wildman–Crippen LogP) is 3.24. The lowest BCUT2D eigenvalue weighted by Gasteiger charge is -2.13. The zero-order chi connectivity index (χ0) is 22.1. The Bertz CT molecular complexity index is 1000. The van der Waals surface area contributed by atoms with E-state index in [-0.39, 0.29) is 24.0 Å². The summed E-state index contributed by atoms with van der Waals surface area (Å²) in [7, 11) is 5.30. The van der Waals surface area contributed by atoms with Gasteiger partial charge in [0.2, 0.25) is 0 Å². The first-order chi connectivity index (χ1) is 15.1. The molecule has 32 heavy (non-hydrogen) atoms. The van der Waals surface area contributed by atoms with E-state index in [1.54, 1.807) is 14.2 Å². The van der Waals surface area contributed by atoms with Gasteiger partial charge in [-0.05, 0) is 37.1 Å². The van der Waals surface area contributed by atoms with Gasteiger partial charge in [0.15, 0.2) is 11.8 Å². The minimum absolute atomic E-state index is 0.